The van der Waals surface area contributed by atoms with Crippen LogP contribution in [0.15, 0.2) is 78.2 Å². The summed E-state index contributed by atoms with van der Waals surface area (Å²) in [6, 6.07) is 15.6. The summed E-state index contributed by atoms with van der Waals surface area (Å²) in [5, 5.41) is 8.25. The van der Waals surface area contributed by atoms with E-state index in [2.05, 4.69) is 25.0 Å². The van der Waals surface area contributed by atoms with Crippen molar-refractivity contribution in [2.75, 3.05) is 10.0 Å². The number of nitrogens with one attached hydrogen (secondary N) is 2. The molecule has 0 spiro atoms. The lowest BCUT2D eigenvalue weighted by atomic mass is 9.95. The summed E-state index contributed by atoms with van der Waals surface area (Å²) in [5.74, 6) is -0.176. The van der Waals surface area contributed by atoms with Gasteiger partial charge in [-0.15, -0.1) is 0 Å². The molecule has 12 heteroatoms. The second kappa shape index (κ2) is 9.47. The van der Waals surface area contributed by atoms with Crippen molar-refractivity contribution in [1.29, 1.82) is 0 Å². The van der Waals surface area contributed by atoms with Gasteiger partial charge in [0.05, 0.1) is 27.6 Å². The van der Waals surface area contributed by atoms with Gasteiger partial charge in [-0.2, -0.15) is 13.5 Å². The molecule has 1 amide bonds. The second-order valence-corrected chi connectivity index (χ2v) is 11.3. The maximum atomic E-state index is 12.7. The van der Waals surface area contributed by atoms with E-state index in [-0.39, 0.29) is 10.9 Å². The van der Waals surface area contributed by atoms with Crippen LogP contribution in [0.5, 0.6) is 0 Å². The molecule has 0 atom stereocenters. The van der Waals surface area contributed by atoms with Crippen molar-refractivity contribution in [2.45, 2.75) is 24.8 Å². The maximum Gasteiger partial charge on any atom is 0.279 e. The molecule has 0 radical (unpaired) electrons. The molecule has 6 rings (SSSR count). The smallest absolute Gasteiger partial charge is 0.279 e. The van der Waals surface area contributed by atoms with Crippen molar-refractivity contribution >= 4 is 38.1 Å². The van der Waals surface area contributed by atoms with Gasteiger partial charge in [-0.1, -0.05) is 17.4 Å². The highest BCUT2D eigenvalue weighted by Gasteiger charge is 2.30. The number of carbonyl (C=O) groups excluding carboxylic acids is 1. The van der Waals surface area contributed by atoms with Crippen LogP contribution >= 0.6 is 11.3 Å². The first-order valence-electron chi connectivity index (χ1n) is 11.7. The number of fused-ring (bicyclic) bond motifs is 3. The van der Waals surface area contributed by atoms with Crippen molar-refractivity contribution in [3.05, 3.63) is 84.4 Å². The van der Waals surface area contributed by atoms with Crippen molar-refractivity contribution in [1.82, 2.24) is 24.7 Å². The standard InChI is InChI=1S/C26H21N7O3S2/c1-16(34)29-26-30-21-12-11-20-23(17-5-4-13-27-15-17)31-33(24(20)25(21)37-26)19-9-7-18(8-10-19)32-38(35,36)22-6-2-3-14-28-22/h2-10,13-15,32H,11-12H2,1H3,(H,29,30,34). The van der Waals surface area contributed by atoms with Crippen molar-refractivity contribution in [3.63, 3.8) is 0 Å². The van der Waals surface area contributed by atoms with E-state index in [0.717, 1.165) is 51.6 Å². The van der Waals surface area contributed by atoms with E-state index >= 15 is 0 Å². The Labute approximate surface area is 222 Å². The van der Waals surface area contributed by atoms with Gasteiger partial charge in [-0.3, -0.25) is 14.5 Å². The van der Waals surface area contributed by atoms with E-state index in [1.807, 2.05) is 16.8 Å². The van der Waals surface area contributed by atoms with Crippen molar-refractivity contribution < 1.29 is 13.2 Å². The fourth-order valence-corrected chi connectivity index (χ4v) is 6.50. The first kappa shape index (κ1) is 23.9. The van der Waals surface area contributed by atoms with Gasteiger partial charge < -0.3 is 5.32 Å². The number of rotatable bonds is 6. The molecule has 4 aromatic heterocycles. The molecular weight excluding hydrogens is 522 g/mol. The molecule has 5 aromatic rings. The van der Waals surface area contributed by atoms with E-state index in [4.69, 9.17) is 5.10 Å². The summed E-state index contributed by atoms with van der Waals surface area (Å²) < 4.78 is 29.8. The van der Waals surface area contributed by atoms with E-state index < -0.39 is 10.0 Å². The topological polar surface area (TPSA) is 132 Å². The van der Waals surface area contributed by atoms with Gasteiger partial charge in [0, 0.05) is 42.3 Å². The molecule has 0 saturated carbocycles. The largest absolute Gasteiger partial charge is 0.302 e. The van der Waals surface area contributed by atoms with Crippen LogP contribution in [0.3, 0.4) is 0 Å². The molecule has 2 N–H and O–H groups in total. The normalized spacial score (nSPS) is 12.4. The Morgan fingerprint density at radius 1 is 1.03 bits per heavy atom. The number of hydrogen-bond donors (Lipinski definition) is 2. The minimum Gasteiger partial charge on any atom is -0.302 e. The molecule has 4 heterocycles. The number of thiazole rings is 1. The number of nitrogens with zero attached hydrogens (tertiary/aromatic N) is 5. The average Bonchev–Trinajstić information content (AvgIpc) is 3.51. The van der Waals surface area contributed by atoms with Crippen LogP contribution in [0.25, 0.3) is 27.5 Å². The minimum atomic E-state index is -3.82. The lowest BCUT2D eigenvalue weighted by molar-refractivity contribution is -0.114. The third-order valence-corrected chi connectivity index (χ3v) is 8.32. The van der Waals surface area contributed by atoms with Gasteiger partial charge in [0.25, 0.3) is 10.0 Å². The second-order valence-electron chi connectivity index (χ2n) is 8.63. The zero-order chi connectivity index (χ0) is 26.3. The molecule has 0 saturated heterocycles. The van der Waals surface area contributed by atoms with Gasteiger partial charge in [-0.05, 0) is 61.4 Å². The Kier molecular flexibility index (Phi) is 5.97. The van der Waals surface area contributed by atoms with Gasteiger partial charge in [0.2, 0.25) is 5.91 Å². The Hall–Kier alpha value is -4.42. The number of carbonyl (C=O) groups is 1. The highest BCUT2D eigenvalue weighted by molar-refractivity contribution is 7.92. The third-order valence-electron chi connectivity index (χ3n) is 6.00. The molecule has 0 bridgehead atoms. The summed E-state index contributed by atoms with van der Waals surface area (Å²) >= 11 is 1.41. The Balaban J connectivity index is 1.42. The van der Waals surface area contributed by atoms with E-state index in [0.29, 0.717) is 10.8 Å². The summed E-state index contributed by atoms with van der Waals surface area (Å²) in [6.45, 7) is 1.46. The molecule has 10 nitrogen and oxygen atoms in total. The SMILES string of the molecule is CC(=O)Nc1nc2c(s1)-c1c(c(-c3cccnc3)nn1-c1ccc(NS(=O)(=O)c3ccccn3)cc1)CC2. The van der Waals surface area contributed by atoms with Crippen LogP contribution in [0.4, 0.5) is 10.8 Å². The predicted molar refractivity (Wildman–Crippen MR) is 145 cm³/mol. The van der Waals surface area contributed by atoms with Crippen LogP contribution in [-0.2, 0) is 27.7 Å². The molecule has 1 aromatic carbocycles. The third kappa shape index (κ3) is 4.44. The summed E-state index contributed by atoms with van der Waals surface area (Å²) in [4.78, 5) is 25.4. The van der Waals surface area contributed by atoms with Crippen LogP contribution in [0.2, 0.25) is 0 Å². The zero-order valence-corrected chi connectivity index (χ0v) is 21.8. The Morgan fingerprint density at radius 3 is 2.58 bits per heavy atom. The first-order chi connectivity index (χ1) is 18.4. The number of hydrogen-bond acceptors (Lipinski definition) is 8. The van der Waals surface area contributed by atoms with Crippen LogP contribution in [0, 0.1) is 0 Å². The highest BCUT2D eigenvalue weighted by Crippen LogP contribution is 2.44. The zero-order valence-electron chi connectivity index (χ0n) is 20.1. The first-order valence-corrected chi connectivity index (χ1v) is 14.0. The molecule has 190 valence electrons. The van der Waals surface area contributed by atoms with Crippen LogP contribution < -0.4 is 10.0 Å². The molecular formula is C26H21N7O3S2. The fraction of sp³-hybridized carbons (Fsp3) is 0.115. The van der Waals surface area contributed by atoms with Crippen molar-refractivity contribution in [2.24, 2.45) is 0 Å². The van der Waals surface area contributed by atoms with E-state index in [1.54, 1.807) is 48.8 Å². The van der Waals surface area contributed by atoms with Gasteiger partial charge in [0.1, 0.15) is 0 Å². The van der Waals surface area contributed by atoms with Crippen LogP contribution in [0.1, 0.15) is 18.2 Å². The fourth-order valence-electron chi connectivity index (χ4n) is 4.38. The number of anilines is 2. The molecule has 38 heavy (non-hydrogen) atoms. The van der Waals surface area contributed by atoms with Crippen LogP contribution in [-0.4, -0.2) is 39.1 Å². The molecule has 1 aliphatic rings. The summed E-state index contributed by atoms with van der Waals surface area (Å²) in [5.41, 5.74) is 5.76. The number of sulfonamides is 1. The lowest BCUT2D eigenvalue weighted by Gasteiger charge is -2.14. The predicted octanol–water partition coefficient (Wildman–Crippen LogP) is 4.31. The quantitative estimate of drug-likeness (QED) is 0.326. The summed E-state index contributed by atoms with van der Waals surface area (Å²) in [7, 11) is -3.82. The van der Waals surface area contributed by atoms with Gasteiger partial charge >= 0.3 is 0 Å². The Bertz CT molecular complexity index is 1750. The highest BCUT2D eigenvalue weighted by atomic mass is 32.2. The maximum absolute atomic E-state index is 12.7. The molecule has 0 unspecified atom stereocenters. The molecule has 0 fully saturated rings. The number of aryl methyl sites for hydroxylation is 1. The van der Waals surface area contributed by atoms with Gasteiger partial charge in [0.15, 0.2) is 10.2 Å². The number of amides is 1. The minimum absolute atomic E-state index is 0.0564. The number of benzene rings is 1. The number of aromatic nitrogens is 5. The van der Waals surface area contributed by atoms with E-state index in [9.17, 15) is 13.2 Å². The summed E-state index contributed by atoms with van der Waals surface area (Å²) in [6.07, 6.45) is 6.40. The average molecular weight is 544 g/mol. The van der Waals surface area contributed by atoms with Crippen molar-refractivity contribution in [3.8, 4) is 27.5 Å². The monoisotopic (exact) mass is 543 g/mol. The lowest BCUT2D eigenvalue weighted by Crippen LogP contribution is -2.14. The van der Waals surface area contributed by atoms with E-state index in [1.165, 1.54) is 30.5 Å². The molecule has 1 aliphatic carbocycles. The van der Waals surface area contributed by atoms with Gasteiger partial charge in [-0.25, -0.2) is 14.6 Å². The number of pyridine rings is 2. The molecule has 0 aliphatic heterocycles. The Morgan fingerprint density at radius 2 is 1.87 bits per heavy atom.